The van der Waals surface area contributed by atoms with Crippen LogP contribution in [0.3, 0.4) is 0 Å². The molecule has 0 saturated carbocycles. The van der Waals surface area contributed by atoms with Gasteiger partial charge in [-0.15, -0.1) is 0 Å². The van der Waals surface area contributed by atoms with Crippen LogP contribution in [0.25, 0.3) is 0 Å². The third-order valence-corrected chi connectivity index (χ3v) is 4.52. The zero-order valence-corrected chi connectivity index (χ0v) is 12.3. The fourth-order valence-corrected chi connectivity index (χ4v) is 3.11. The summed E-state index contributed by atoms with van der Waals surface area (Å²) in [4.78, 5) is 10.8. The second-order valence-electron chi connectivity index (χ2n) is 3.75. The first-order valence-electron chi connectivity index (χ1n) is 5.06. The predicted octanol–water partition coefficient (Wildman–Crippen LogP) is 0.126. The van der Waals surface area contributed by atoms with Crippen molar-refractivity contribution in [2.24, 2.45) is 11.5 Å². The van der Waals surface area contributed by atoms with E-state index in [0.717, 1.165) is 0 Å². The molecule has 5 N–H and O–H groups in total. The number of nitrogens with one attached hydrogen (secondary N) is 1. The number of carbonyl (C=O) groups is 1. The molecular formula is C10H12ClN3O3S2. The summed E-state index contributed by atoms with van der Waals surface area (Å²) in [6, 6.07) is 2.98. The van der Waals surface area contributed by atoms with Crippen LogP contribution in [0, 0.1) is 0 Å². The molecule has 6 nitrogen and oxygen atoms in total. The van der Waals surface area contributed by atoms with Crippen LogP contribution in [0.15, 0.2) is 23.1 Å². The van der Waals surface area contributed by atoms with Crippen molar-refractivity contribution in [1.82, 2.24) is 4.72 Å². The van der Waals surface area contributed by atoms with E-state index >= 15 is 0 Å². The van der Waals surface area contributed by atoms with Crippen LogP contribution in [0.4, 0.5) is 0 Å². The lowest BCUT2D eigenvalue weighted by Crippen LogP contribution is -2.42. The summed E-state index contributed by atoms with van der Waals surface area (Å²) >= 11 is 10.6. The van der Waals surface area contributed by atoms with Crippen molar-refractivity contribution in [2.75, 3.05) is 0 Å². The van der Waals surface area contributed by atoms with Gasteiger partial charge >= 0.3 is 0 Å². The second-order valence-corrected chi connectivity index (χ2v) is 6.28. The Kier molecular flexibility index (Phi) is 4.86. The number of halogens is 1. The van der Waals surface area contributed by atoms with E-state index in [9.17, 15) is 13.2 Å². The Bertz CT molecular complexity index is 631. The molecule has 0 fully saturated rings. The molecule has 19 heavy (non-hydrogen) atoms. The number of thiocarbonyl (C=S) groups is 1. The normalized spacial score (nSPS) is 12.9. The number of benzene rings is 1. The van der Waals surface area contributed by atoms with Gasteiger partial charge in [0, 0.05) is 5.56 Å². The average Bonchev–Trinajstić information content (AvgIpc) is 2.27. The lowest BCUT2D eigenvalue weighted by Gasteiger charge is -2.12. The Morgan fingerprint density at radius 3 is 2.42 bits per heavy atom. The summed E-state index contributed by atoms with van der Waals surface area (Å²) < 4.78 is 26.1. The molecule has 0 aliphatic heterocycles. The Hall–Kier alpha value is -1.22. The molecule has 1 unspecified atom stereocenters. The van der Waals surface area contributed by atoms with Crippen molar-refractivity contribution in [3.8, 4) is 0 Å². The number of amides is 1. The molecule has 1 rings (SSSR count). The zero-order valence-electron chi connectivity index (χ0n) is 9.88. The molecule has 0 spiro atoms. The minimum absolute atomic E-state index is 0.0468. The molecule has 104 valence electrons. The van der Waals surface area contributed by atoms with Gasteiger partial charge in [-0.3, -0.25) is 4.79 Å². The van der Waals surface area contributed by atoms with E-state index in [1.54, 1.807) is 0 Å². The number of primary amides is 1. The van der Waals surface area contributed by atoms with Gasteiger partial charge in [-0.05, 0) is 19.1 Å². The molecule has 0 aromatic heterocycles. The molecule has 9 heteroatoms. The second kappa shape index (κ2) is 5.83. The van der Waals surface area contributed by atoms with Gasteiger partial charge in [0.1, 0.15) is 9.88 Å². The quantitative estimate of drug-likeness (QED) is 0.667. The molecule has 0 radical (unpaired) electrons. The number of nitrogens with two attached hydrogens (primary N) is 2. The van der Waals surface area contributed by atoms with Crippen LogP contribution in [-0.2, 0) is 14.8 Å². The number of carbonyl (C=O) groups excluding carboxylic acids is 1. The highest BCUT2D eigenvalue weighted by Crippen LogP contribution is 2.22. The van der Waals surface area contributed by atoms with Gasteiger partial charge in [-0.2, -0.15) is 4.72 Å². The van der Waals surface area contributed by atoms with Crippen molar-refractivity contribution in [1.29, 1.82) is 0 Å². The Morgan fingerprint density at radius 2 is 2.00 bits per heavy atom. The van der Waals surface area contributed by atoms with Gasteiger partial charge in [0.2, 0.25) is 15.9 Å². The standard InChI is InChI=1S/C10H12ClN3O3S2/c1-5(9(12)15)14-19(16,17)8-3-2-6(10(13)18)4-7(8)11/h2-5,14H,1H3,(H2,12,15)(H2,13,18). The van der Waals surface area contributed by atoms with Crippen molar-refractivity contribution in [3.63, 3.8) is 0 Å². The van der Waals surface area contributed by atoms with Gasteiger partial charge in [0.05, 0.1) is 11.1 Å². The van der Waals surface area contributed by atoms with Crippen LogP contribution in [0.1, 0.15) is 12.5 Å². The SMILES string of the molecule is CC(NS(=O)(=O)c1ccc(C(N)=S)cc1Cl)C(N)=O. The zero-order chi connectivity index (χ0) is 14.8. The fourth-order valence-electron chi connectivity index (χ4n) is 1.23. The molecular weight excluding hydrogens is 310 g/mol. The number of hydrogen-bond acceptors (Lipinski definition) is 4. The molecule has 0 heterocycles. The van der Waals surface area contributed by atoms with E-state index in [1.165, 1.54) is 25.1 Å². The number of hydrogen-bond donors (Lipinski definition) is 3. The first-order valence-corrected chi connectivity index (χ1v) is 7.33. The van der Waals surface area contributed by atoms with E-state index in [1.807, 2.05) is 0 Å². The average molecular weight is 322 g/mol. The van der Waals surface area contributed by atoms with Gasteiger partial charge in [0.25, 0.3) is 0 Å². The van der Waals surface area contributed by atoms with Crippen molar-refractivity contribution < 1.29 is 13.2 Å². The summed E-state index contributed by atoms with van der Waals surface area (Å²) in [7, 11) is -3.94. The van der Waals surface area contributed by atoms with E-state index in [-0.39, 0.29) is 14.9 Å². The molecule has 0 aliphatic carbocycles. The van der Waals surface area contributed by atoms with Gasteiger partial charge in [0.15, 0.2) is 0 Å². The van der Waals surface area contributed by atoms with Crippen LogP contribution in [0.2, 0.25) is 5.02 Å². The topological polar surface area (TPSA) is 115 Å². The van der Waals surface area contributed by atoms with Crippen molar-refractivity contribution in [2.45, 2.75) is 17.9 Å². The molecule has 1 atom stereocenters. The maximum atomic E-state index is 12.0. The predicted molar refractivity (Wildman–Crippen MR) is 76.3 cm³/mol. The fraction of sp³-hybridized carbons (Fsp3) is 0.200. The third kappa shape index (κ3) is 3.87. The smallest absolute Gasteiger partial charge is 0.242 e. The van der Waals surface area contributed by atoms with E-state index < -0.39 is 22.0 Å². The summed E-state index contributed by atoms with van der Waals surface area (Å²) in [6.45, 7) is 1.33. The number of sulfonamides is 1. The highest BCUT2D eigenvalue weighted by atomic mass is 35.5. The third-order valence-electron chi connectivity index (χ3n) is 2.26. The minimum atomic E-state index is -3.94. The van der Waals surface area contributed by atoms with E-state index in [0.29, 0.717) is 5.56 Å². The summed E-state index contributed by atoms with van der Waals surface area (Å²) in [6.07, 6.45) is 0. The van der Waals surface area contributed by atoms with Crippen LogP contribution < -0.4 is 16.2 Å². The summed E-state index contributed by atoms with van der Waals surface area (Å²) in [5.74, 6) is -0.792. The van der Waals surface area contributed by atoms with Gasteiger partial charge < -0.3 is 11.5 Å². The van der Waals surface area contributed by atoms with Gasteiger partial charge in [-0.25, -0.2) is 8.42 Å². The molecule has 0 bridgehead atoms. The van der Waals surface area contributed by atoms with E-state index in [4.69, 9.17) is 35.3 Å². The Balaban J connectivity index is 3.16. The maximum absolute atomic E-state index is 12.0. The van der Waals surface area contributed by atoms with E-state index in [2.05, 4.69) is 4.72 Å². The Morgan fingerprint density at radius 1 is 1.42 bits per heavy atom. The van der Waals surface area contributed by atoms with Crippen LogP contribution in [0.5, 0.6) is 0 Å². The van der Waals surface area contributed by atoms with Crippen LogP contribution >= 0.6 is 23.8 Å². The molecule has 0 aliphatic rings. The van der Waals surface area contributed by atoms with Gasteiger partial charge in [-0.1, -0.05) is 29.9 Å². The van der Waals surface area contributed by atoms with Crippen molar-refractivity contribution in [3.05, 3.63) is 28.8 Å². The first-order chi connectivity index (χ1) is 8.65. The largest absolute Gasteiger partial charge is 0.389 e. The lowest BCUT2D eigenvalue weighted by atomic mass is 10.2. The molecule has 1 aromatic rings. The maximum Gasteiger partial charge on any atom is 0.242 e. The highest BCUT2D eigenvalue weighted by Gasteiger charge is 2.23. The molecule has 0 saturated heterocycles. The molecule has 1 aromatic carbocycles. The monoisotopic (exact) mass is 321 g/mol. The summed E-state index contributed by atoms with van der Waals surface area (Å²) in [5, 5.41) is -0.0468. The Labute approximate surface area is 121 Å². The minimum Gasteiger partial charge on any atom is -0.389 e. The first kappa shape index (κ1) is 15.8. The summed E-state index contributed by atoms with van der Waals surface area (Å²) in [5.41, 5.74) is 10.8. The molecule has 1 amide bonds. The van der Waals surface area contributed by atoms with Crippen molar-refractivity contribution >= 4 is 44.7 Å². The lowest BCUT2D eigenvalue weighted by molar-refractivity contribution is -0.119. The number of rotatable bonds is 5. The highest BCUT2D eigenvalue weighted by molar-refractivity contribution is 7.89. The van der Waals surface area contributed by atoms with Crippen LogP contribution in [-0.4, -0.2) is 25.4 Å².